The fourth-order valence-corrected chi connectivity index (χ4v) is 3.35. The van der Waals surface area contributed by atoms with Crippen molar-refractivity contribution >= 4 is 55.8 Å². The second-order valence-corrected chi connectivity index (χ2v) is 5.67. The molecule has 0 aliphatic heterocycles. The molecule has 5 heteroatoms. The highest BCUT2D eigenvalue weighted by Crippen LogP contribution is 2.38. The van der Waals surface area contributed by atoms with Crippen LogP contribution in [0.2, 0.25) is 10.3 Å². The van der Waals surface area contributed by atoms with Gasteiger partial charge in [-0.1, -0.05) is 41.4 Å². The minimum absolute atomic E-state index is 0.357. The Balaban J connectivity index is 2.36. The number of pyridine rings is 2. The number of aromatic nitrogens is 2. The number of rotatable bonds is 1. The molecule has 2 aromatic heterocycles. The average molecular weight is 329 g/mol. The number of hydrogen-bond donors (Lipinski definition) is 0. The molecule has 22 heavy (non-hydrogen) atoms. The normalized spacial score (nSPS) is 11.4. The van der Waals surface area contributed by atoms with E-state index in [0.29, 0.717) is 15.7 Å². The lowest BCUT2D eigenvalue weighted by Crippen LogP contribution is -1.91. The van der Waals surface area contributed by atoms with Gasteiger partial charge in [0.2, 0.25) is 0 Å². The van der Waals surface area contributed by atoms with Crippen LogP contribution in [0.3, 0.4) is 0 Å². The monoisotopic (exact) mass is 328 g/mol. The summed E-state index contributed by atoms with van der Waals surface area (Å²) in [7, 11) is 1.64. The molecule has 0 N–H and O–H groups in total. The molecule has 0 unspecified atom stereocenters. The van der Waals surface area contributed by atoms with Crippen LogP contribution in [0.25, 0.3) is 32.6 Å². The quantitative estimate of drug-likeness (QED) is 0.353. The van der Waals surface area contributed by atoms with Crippen LogP contribution in [0.1, 0.15) is 0 Å². The van der Waals surface area contributed by atoms with Gasteiger partial charge in [0.15, 0.2) is 0 Å². The van der Waals surface area contributed by atoms with E-state index in [1.54, 1.807) is 7.11 Å². The molecular weight excluding hydrogens is 319 g/mol. The zero-order chi connectivity index (χ0) is 15.3. The largest absolute Gasteiger partial charge is 0.497 e. The first-order chi connectivity index (χ1) is 10.7. The maximum atomic E-state index is 6.35. The van der Waals surface area contributed by atoms with Crippen LogP contribution in [0.5, 0.6) is 5.75 Å². The van der Waals surface area contributed by atoms with Crippen molar-refractivity contribution in [3.05, 3.63) is 52.8 Å². The number of para-hydroxylation sites is 1. The molecule has 0 saturated heterocycles. The standard InChI is InChI=1S/C17H10Cl2N2O/c1-22-9-6-7-13-11(8-9)14-10-4-2-3-5-12(10)20-16(18)15(14)17(19)21-13/h2-8H,1H3. The summed E-state index contributed by atoms with van der Waals surface area (Å²) in [5.41, 5.74) is 1.62. The molecule has 0 amide bonds. The number of halogens is 2. The van der Waals surface area contributed by atoms with Gasteiger partial charge in [-0.3, -0.25) is 0 Å². The lowest BCUT2D eigenvalue weighted by atomic mass is 10.0. The molecule has 2 aromatic carbocycles. The fraction of sp³-hybridized carbons (Fsp3) is 0.0588. The third-order valence-electron chi connectivity index (χ3n) is 3.75. The van der Waals surface area contributed by atoms with Gasteiger partial charge in [-0.15, -0.1) is 0 Å². The lowest BCUT2D eigenvalue weighted by Gasteiger charge is -2.11. The molecule has 2 heterocycles. The first kappa shape index (κ1) is 13.6. The van der Waals surface area contributed by atoms with Crippen molar-refractivity contribution < 1.29 is 4.74 Å². The van der Waals surface area contributed by atoms with Crippen LogP contribution in [0.4, 0.5) is 0 Å². The molecule has 0 aliphatic rings. The van der Waals surface area contributed by atoms with Crippen molar-refractivity contribution in [1.29, 1.82) is 0 Å². The van der Waals surface area contributed by atoms with Gasteiger partial charge in [-0.25, -0.2) is 9.97 Å². The molecule has 0 saturated carbocycles. The lowest BCUT2D eigenvalue weighted by molar-refractivity contribution is 0.415. The number of methoxy groups -OCH3 is 1. The van der Waals surface area contributed by atoms with Gasteiger partial charge in [0.25, 0.3) is 0 Å². The van der Waals surface area contributed by atoms with Crippen LogP contribution in [-0.2, 0) is 0 Å². The zero-order valence-corrected chi connectivity index (χ0v) is 13.1. The van der Waals surface area contributed by atoms with Gasteiger partial charge >= 0.3 is 0 Å². The molecule has 0 aliphatic carbocycles. The number of ether oxygens (including phenoxy) is 1. The first-order valence-corrected chi connectivity index (χ1v) is 7.46. The maximum absolute atomic E-state index is 6.35. The summed E-state index contributed by atoms with van der Waals surface area (Å²) in [6.45, 7) is 0. The summed E-state index contributed by atoms with van der Waals surface area (Å²) in [4.78, 5) is 8.86. The van der Waals surface area contributed by atoms with Crippen LogP contribution >= 0.6 is 23.2 Å². The van der Waals surface area contributed by atoms with E-state index in [2.05, 4.69) is 9.97 Å². The van der Waals surface area contributed by atoms with E-state index in [9.17, 15) is 0 Å². The van der Waals surface area contributed by atoms with Gasteiger partial charge in [-0.2, -0.15) is 0 Å². The number of hydrogen-bond acceptors (Lipinski definition) is 3. The Morgan fingerprint density at radius 2 is 1.50 bits per heavy atom. The van der Waals surface area contributed by atoms with E-state index >= 15 is 0 Å². The SMILES string of the molecule is COc1ccc2nc(Cl)c3c(Cl)nc4ccccc4c3c2c1. The number of fused-ring (bicyclic) bond motifs is 5. The Hall–Kier alpha value is -2.10. The Morgan fingerprint density at radius 1 is 0.818 bits per heavy atom. The molecule has 4 aromatic rings. The summed E-state index contributed by atoms with van der Waals surface area (Å²) in [5, 5.41) is 4.27. The average Bonchev–Trinajstić information content (AvgIpc) is 2.54. The van der Waals surface area contributed by atoms with E-state index in [0.717, 1.165) is 32.9 Å². The van der Waals surface area contributed by atoms with Crippen molar-refractivity contribution in [3.8, 4) is 5.75 Å². The molecule has 0 bridgehead atoms. The molecule has 108 valence electrons. The summed E-state index contributed by atoms with van der Waals surface area (Å²) in [6, 6.07) is 13.5. The molecular formula is C17H10Cl2N2O. The summed E-state index contributed by atoms with van der Waals surface area (Å²) < 4.78 is 5.33. The van der Waals surface area contributed by atoms with Gasteiger partial charge < -0.3 is 4.74 Å². The van der Waals surface area contributed by atoms with E-state index < -0.39 is 0 Å². The maximum Gasteiger partial charge on any atom is 0.140 e. The summed E-state index contributed by atoms with van der Waals surface area (Å²) >= 11 is 12.7. The van der Waals surface area contributed by atoms with Crippen molar-refractivity contribution in [2.24, 2.45) is 0 Å². The van der Waals surface area contributed by atoms with Crippen LogP contribution in [0.15, 0.2) is 42.5 Å². The number of benzene rings is 2. The second-order valence-electron chi connectivity index (χ2n) is 4.96. The smallest absolute Gasteiger partial charge is 0.140 e. The van der Waals surface area contributed by atoms with Crippen molar-refractivity contribution in [1.82, 2.24) is 9.97 Å². The Morgan fingerprint density at radius 3 is 2.23 bits per heavy atom. The Kier molecular flexibility index (Phi) is 3.06. The van der Waals surface area contributed by atoms with E-state index in [-0.39, 0.29) is 0 Å². The Bertz CT molecular complexity index is 1040. The van der Waals surface area contributed by atoms with E-state index in [1.165, 1.54) is 0 Å². The predicted molar refractivity (Wildman–Crippen MR) is 91.1 cm³/mol. The molecule has 0 fully saturated rings. The van der Waals surface area contributed by atoms with Crippen LogP contribution in [0, 0.1) is 0 Å². The van der Waals surface area contributed by atoms with Crippen molar-refractivity contribution in [2.45, 2.75) is 0 Å². The number of nitrogens with zero attached hydrogens (tertiary/aromatic N) is 2. The molecule has 3 nitrogen and oxygen atoms in total. The Labute approximate surface area is 136 Å². The van der Waals surface area contributed by atoms with E-state index in [1.807, 2.05) is 42.5 Å². The third-order valence-corrected chi connectivity index (χ3v) is 4.29. The summed E-state index contributed by atoms with van der Waals surface area (Å²) in [6.07, 6.45) is 0. The third kappa shape index (κ3) is 1.90. The summed E-state index contributed by atoms with van der Waals surface area (Å²) in [5.74, 6) is 0.759. The highest BCUT2D eigenvalue weighted by atomic mass is 35.5. The van der Waals surface area contributed by atoms with Crippen LogP contribution in [-0.4, -0.2) is 17.1 Å². The van der Waals surface area contributed by atoms with Crippen molar-refractivity contribution in [3.63, 3.8) is 0 Å². The van der Waals surface area contributed by atoms with Gasteiger partial charge in [0.05, 0.1) is 23.5 Å². The highest BCUT2D eigenvalue weighted by Gasteiger charge is 2.15. The van der Waals surface area contributed by atoms with Crippen molar-refractivity contribution in [2.75, 3.05) is 7.11 Å². The fourth-order valence-electron chi connectivity index (χ4n) is 2.75. The minimum atomic E-state index is 0.357. The highest BCUT2D eigenvalue weighted by molar-refractivity contribution is 6.44. The molecule has 0 radical (unpaired) electrons. The van der Waals surface area contributed by atoms with Gasteiger partial charge in [0.1, 0.15) is 16.1 Å². The molecule has 0 atom stereocenters. The molecule has 4 rings (SSSR count). The van der Waals surface area contributed by atoms with E-state index in [4.69, 9.17) is 27.9 Å². The predicted octanol–water partition coefficient (Wildman–Crippen LogP) is 5.25. The van der Waals surface area contributed by atoms with Gasteiger partial charge in [0, 0.05) is 16.2 Å². The van der Waals surface area contributed by atoms with Gasteiger partial charge in [-0.05, 0) is 24.3 Å². The zero-order valence-electron chi connectivity index (χ0n) is 11.6. The minimum Gasteiger partial charge on any atom is -0.497 e. The molecule has 0 spiro atoms. The van der Waals surface area contributed by atoms with Crippen LogP contribution < -0.4 is 4.74 Å². The topological polar surface area (TPSA) is 35.0 Å². The second kappa shape index (κ2) is 4.97. The first-order valence-electron chi connectivity index (χ1n) is 6.70.